The molecule has 3 rings (SSSR count). The lowest BCUT2D eigenvalue weighted by atomic mass is 10.1. The van der Waals surface area contributed by atoms with Crippen LogP contribution >= 0.6 is 0 Å². The zero-order chi connectivity index (χ0) is 21.3. The Kier molecular flexibility index (Phi) is 8.51. The molecule has 1 amide bonds. The molecule has 0 spiro atoms. The SMILES string of the molecule is CCNC(=NCc1ccccc1CN1CCN(CC)CC1)N1CCN(C(C)=O)CC1. The lowest BCUT2D eigenvalue weighted by Crippen LogP contribution is -2.53. The van der Waals surface area contributed by atoms with Crippen LogP contribution in [0, 0.1) is 0 Å². The third-order valence-electron chi connectivity index (χ3n) is 6.18. The Bertz CT molecular complexity index is 705. The maximum Gasteiger partial charge on any atom is 0.219 e. The van der Waals surface area contributed by atoms with Crippen molar-refractivity contribution in [3.8, 4) is 0 Å². The number of carbonyl (C=O) groups is 1. The third-order valence-corrected chi connectivity index (χ3v) is 6.18. The second-order valence-corrected chi connectivity index (χ2v) is 8.14. The summed E-state index contributed by atoms with van der Waals surface area (Å²) < 4.78 is 0. The number of rotatable bonds is 6. The van der Waals surface area contributed by atoms with Crippen molar-refractivity contribution >= 4 is 11.9 Å². The number of aliphatic imine (C=N–C) groups is 1. The zero-order valence-corrected chi connectivity index (χ0v) is 18.9. The molecule has 0 radical (unpaired) electrons. The van der Waals surface area contributed by atoms with E-state index in [9.17, 15) is 4.79 Å². The van der Waals surface area contributed by atoms with Crippen LogP contribution in [0.5, 0.6) is 0 Å². The van der Waals surface area contributed by atoms with E-state index in [0.717, 1.165) is 78.0 Å². The quantitative estimate of drug-likeness (QED) is 0.564. The topological polar surface area (TPSA) is 54.4 Å². The van der Waals surface area contributed by atoms with E-state index in [-0.39, 0.29) is 5.91 Å². The number of nitrogens with zero attached hydrogens (tertiary/aromatic N) is 5. The molecule has 2 fully saturated rings. The highest BCUT2D eigenvalue weighted by Crippen LogP contribution is 2.15. The molecule has 0 aromatic heterocycles. The average molecular weight is 415 g/mol. The summed E-state index contributed by atoms with van der Waals surface area (Å²) in [6, 6.07) is 8.70. The van der Waals surface area contributed by atoms with Crippen molar-refractivity contribution in [3.05, 3.63) is 35.4 Å². The summed E-state index contributed by atoms with van der Waals surface area (Å²) in [5.74, 6) is 1.11. The maximum atomic E-state index is 11.6. The van der Waals surface area contributed by atoms with Crippen LogP contribution in [0.3, 0.4) is 0 Å². The molecule has 1 aromatic rings. The van der Waals surface area contributed by atoms with Gasteiger partial charge in [0.15, 0.2) is 5.96 Å². The van der Waals surface area contributed by atoms with Gasteiger partial charge >= 0.3 is 0 Å². The molecule has 7 heteroatoms. The van der Waals surface area contributed by atoms with Crippen molar-refractivity contribution < 1.29 is 4.79 Å². The molecule has 30 heavy (non-hydrogen) atoms. The van der Waals surface area contributed by atoms with Crippen LogP contribution in [0.1, 0.15) is 31.9 Å². The number of hydrogen-bond acceptors (Lipinski definition) is 4. The molecule has 166 valence electrons. The van der Waals surface area contributed by atoms with Crippen LogP contribution in [0.25, 0.3) is 0 Å². The molecule has 2 aliphatic heterocycles. The van der Waals surface area contributed by atoms with E-state index in [1.165, 1.54) is 11.1 Å². The van der Waals surface area contributed by atoms with Crippen LogP contribution < -0.4 is 5.32 Å². The molecule has 0 aliphatic carbocycles. The van der Waals surface area contributed by atoms with Crippen molar-refractivity contribution in [2.45, 2.75) is 33.9 Å². The van der Waals surface area contributed by atoms with Crippen LogP contribution in [-0.2, 0) is 17.9 Å². The first-order valence-electron chi connectivity index (χ1n) is 11.4. The maximum absolute atomic E-state index is 11.6. The van der Waals surface area contributed by atoms with Gasteiger partial charge in [0.1, 0.15) is 0 Å². The Morgan fingerprint density at radius 2 is 1.50 bits per heavy atom. The Morgan fingerprint density at radius 3 is 2.10 bits per heavy atom. The fourth-order valence-electron chi connectivity index (χ4n) is 4.19. The number of piperazine rings is 2. The summed E-state index contributed by atoms with van der Waals surface area (Å²) in [5.41, 5.74) is 2.68. The first-order valence-corrected chi connectivity index (χ1v) is 11.4. The predicted octanol–water partition coefficient (Wildman–Crippen LogP) is 1.45. The Labute approximate surface area is 181 Å². The summed E-state index contributed by atoms with van der Waals surface area (Å²) in [6.07, 6.45) is 0. The van der Waals surface area contributed by atoms with Crippen molar-refractivity contribution in [1.29, 1.82) is 0 Å². The molecule has 0 saturated carbocycles. The average Bonchev–Trinajstić information content (AvgIpc) is 2.78. The van der Waals surface area contributed by atoms with Gasteiger partial charge in [-0.15, -0.1) is 0 Å². The highest BCUT2D eigenvalue weighted by Gasteiger charge is 2.21. The lowest BCUT2D eigenvalue weighted by molar-refractivity contribution is -0.130. The molecule has 2 saturated heterocycles. The number of carbonyl (C=O) groups excluding carboxylic acids is 1. The minimum Gasteiger partial charge on any atom is -0.357 e. The number of guanidine groups is 1. The van der Waals surface area contributed by atoms with Gasteiger partial charge in [-0.2, -0.15) is 0 Å². The van der Waals surface area contributed by atoms with Gasteiger partial charge in [-0.25, -0.2) is 4.99 Å². The Hall–Kier alpha value is -2.12. The summed E-state index contributed by atoms with van der Waals surface area (Å²) in [5, 5.41) is 3.44. The van der Waals surface area contributed by atoms with E-state index < -0.39 is 0 Å². The lowest BCUT2D eigenvalue weighted by Gasteiger charge is -2.36. The summed E-state index contributed by atoms with van der Waals surface area (Å²) in [4.78, 5) is 25.8. The van der Waals surface area contributed by atoms with E-state index in [2.05, 4.69) is 58.1 Å². The van der Waals surface area contributed by atoms with Gasteiger partial charge in [0.2, 0.25) is 5.91 Å². The number of benzene rings is 1. The van der Waals surface area contributed by atoms with Crippen molar-refractivity contribution in [3.63, 3.8) is 0 Å². The minimum absolute atomic E-state index is 0.158. The molecular formula is C23H38N6O. The van der Waals surface area contributed by atoms with Crippen molar-refractivity contribution in [2.24, 2.45) is 4.99 Å². The highest BCUT2D eigenvalue weighted by molar-refractivity contribution is 5.80. The second-order valence-electron chi connectivity index (χ2n) is 8.14. The number of amides is 1. The number of nitrogens with one attached hydrogen (secondary N) is 1. The molecule has 1 N–H and O–H groups in total. The monoisotopic (exact) mass is 414 g/mol. The fraction of sp³-hybridized carbons (Fsp3) is 0.652. The largest absolute Gasteiger partial charge is 0.357 e. The van der Waals surface area contributed by atoms with E-state index in [0.29, 0.717) is 6.54 Å². The number of likely N-dealkylation sites (N-methyl/N-ethyl adjacent to an activating group) is 1. The molecule has 7 nitrogen and oxygen atoms in total. The Balaban J connectivity index is 1.63. The van der Waals surface area contributed by atoms with Crippen molar-refractivity contribution in [1.82, 2.24) is 24.9 Å². The van der Waals surface area contributed by atoms with Crippen LogP contribution in [0.15, 0.2) is 29.3 Å². The molecule has 0 atom stereocenters. The van der Waals surface area contributed by atoms with Gasteiger partial charge in [-0.05, 0) is 24.6 Å². The minimum atomic E-state index is 0.158. The summed E-state index contributed by atoms with van der Waals surface area (Å²) in [6.45, 7) is 17.4. The smallest absolute Gasteiger partial charge is 0.219 e. The standard InChI is InChI=1S/C23H38N6O/c1-4-24-23(29-16-14-28(15-17-29)20(3)30)25-18-21-8-6-7-9-22(21)19-27-12-10-26(5-2)11-13-27/h6-9H,4-5,10-19H2,1-3H3,(H,24,25). The van der Waals surface area contributed by atoms with E-state index >= 15 is 0 Å². The molecule has 1 aromatic carbocycles. The van der Waals surface area contributed by atoms with Gasteiger partial charge in [0.25, 0.3) is 0 Å². The molecule has 2 aliphatic rings. The fourth-order valence-corrected chi connectivity index (χ4v) is 4.19. The van der Waals surface area contributed by atoms with Crippen LogP contribution in [-0.4, -0.2) is 96.9 Å². The van der Waals surface area contributed by atoms with Gasteiger partial charge in [0, 0.05) is 72.4 Å². The molecule has 0 unspecified atom stereocenters. The van der Waals surface area contributed by atoms with Crippen LogP contribution in [0.4, 0.5) is 0 Å². The Morgan fingerprint density at radius 1 is 0.900 bits per heavy atom. The van der Waals surface area contributed by atoms with Crippen LogP contribution in [0.2, 0.25) is 0 Å². The number of hydrogen-bond donors (Lipinski definition) is 1. The van der Waals surface area contributed by atoms with Gasteiger partial charge in [-0.3, -0.25) is 9.69 Å². The predicted molar refractivity (Wildman–Crippen MR) is 122 cm³/mol. The van der Waals surface area contributed by atoms with Gasteiger partial charge in [-0.1, -0.05) is 31.2 Å². The van der Waals surface area contributed by atoms with Crippen molar-refractivity contribution in [2.75, 3.05) is 65.4 Å². The van der Waals surface area contributed by atoms with E-state index in [4.69, 9.17) is 4.99 Å². The first-order chi connectivity index (χ1) is 14.6. The first kappa shape index (κ1) is 22.6. The summed E-state index contributed by atoms with van der Waals surface area (Å²) in [7, 11) is 0. The molecule has 0 bridgehead atoms. The third kappa shape index (κ3) is 6.19. The second kappa shape index (κ2) is 11.3. The normalized spacial score (nSPS) is 19.2. The van der Waals surface area contributed by atoms with Gasteiger partial charge in [0.05, 0.1) is 6.54 Å². The van der Waals surface area contributed by atoms with E-state index in [1.807, 2.05) is 4.90 Å². The van der Waals surface area contributed by atoms with E-state index in [1.54, 1.807) is 6.92 Å². The zero-order valence-electron chi connectivity index (χ0n) is 18.9. The van der Waals surface area contributed by atoms with Gasteiger partial charge < -0.3 is 20.0 Å². The molecule has 2 heterocycles. The summed E-state index contributed by atoms with van der Waals surface area (Å²) >= 11 is 0. The highest BCUT2D eigenvalue weighted by atomic mass is 16.2. The molecular weight excluding hydrogens is 376 g/mol.